The first-order valence-corrected chi connectivity index (χ1v) is 4.55. The number of nitrogens with one attached hydrogen (secondary N) is 2. The van der Waals surface area contributed by atoms with Crippen molar-refractivity contribution in [2.45, 2.75) is 18.9 Å². The van der Waals surface area contributed by atoms with Crippen molar-refractivity contribution in [3.63, 3.8) is 0 Å². The molecule has 0 amide bonds. The van der Waals surface area contributed by atoms with Crippen LogP contribution in [0.25, 0.3) is 0 Å². The van der Waals surface area contributed by atoms with E-state index in [4.69, 9.17) is 0 Å². The molecule has 5 nitrogen and oxygen atoms in total. The molecule has 0 radical (unpaired) electrons. The Labute approximate surface area is 77.0 Å². The van der Waals surface area contributed by atoms with Gasteiger partial charge in [-0.1, -0.05) is 0 Å². The van der Waals surface area contributed by atoms with Gasteiger partial charge in [0.15, 0.2) is 5.82 Å². The van der Waals surface area contributed by atoms with Crippen molar-refractivity contribution in [1.82, 2.24) is 20.5 Å². The molecule has 0 aliphatic carbocycles. The molecule has 2 heterocycles. The third-order valence-electron chi connectivity index (χ3n) is 2.13. The summed E-state index contributed by atoms with van der Waals surface area (Å²) in [6.07, 6.45) is 5.53. The molecule has 1 aliphatic rings. The van der Waals surface area contributed by atoms with E-state index in [1.54, 1.807) is 6.20 Å². The minimum atomic E-state index is 0.465. The topological polar surface area (TPSA) is 62.7 Å². The number of anilines is 1. The zero-order chi connectivity index (χ0) is 8.93. The fourth-order valence-electron chi connectivity index (χ4n) is 1.50. The lowest BCUT2D eigenvalue weighted by atomic mass is 10.1. The molecule has 1 unspecified atom stereocenters. The van der Waals surface area contributed by atoms with Crippen LogP contribution in [-0.4, -0.2) is 34.3 Å². The Bertz CT molecular complexity index is 244. The van der Waals surface area contributed by atoms with Crippen LogP contribution in [-0.2, 0) is 0 Å². The van der Waals surface area contributed by atoms with Crippen molar-refractivity contribution in [3.05, 3.63) is 12.5 Å². The average molecular weight is 179 g/mol. The van der Waals surface area contributed by atoms with Gasteiger partial charge in [0.25, 0.3) is 0 Å². The predicted molar refractivity (Wildman–Crippen MR) is 49.3 cm³/mol. The smallest absolute Gasteiger partial charge is 0.167 e. The molecule has 70 valence electrons. The summed E-state index contributed by atoms with van der Waals surface area (Å²) >= 11 is 0. The molecule has 1 saturated heterocycles. The van der Waals surface area contributed by atoms with Gasteiger partial charge in [-0.05, 0) is 19.4 Å². The van der Waals surface area contributed by atoms with Crippen molar-refractivity contribution in [3.8, 4) is 0 Å². The summed E-state index contributed by atoms with van der Waals surface area (Å²) in [6, 6.07) is 0.465. The van der Waals surface area contributed by atoms with Gasteiger partial charge in [-0.3, -0.25) is 0 Å². The van der Waals surface area contributed by atoms with E-state index in [1.807, 2.05) is 0 Å². The number of hydrogen-bond donors (Lipinski definition) is 2. The standard InChI is InChI=1S/C8H13N5/c1-2-7(4-9-3-1)12-8-5-10-6-11-13-8/h5-7,9H,1-4H2,(H,12,13). The lowest BCUT2D eigenvalue weighted by Gasteiger charge is -2.23. The van der Waals surface area contributed by atoms with Crippen LogP contribution < -0.4 is 10.6 Å². The van der Waals surface area contributed by atoms with E-state index in [0.29, 0.717) is 6.04 Å². The van der Waals surface area contributed by atoms with Crippen LogP contribution in [0.15, 0.2) is 12.5 Å². The van der Waals surface area contributed by atoms with Crippen LogP contribution >= 0.6 is 0 Å². The zero-order valence-corrected chi connectivity index (χ0v) is 7.40. The molecule has 1 aliphatic heterocycles. The molecule has 13 heavy (non-hydrogen) atoms. The minimum absolute atomic E-state index is 0.465. The second-order valence-corrected chi connectivity index (χ2v) is 3.18. The summed E-state index contributed by atoms with van der Waals surface area (Å²) in [5.74, 6) is 0.760. The van der Waals surface area contributed by atoms with Crippen molar-refractivity contribution >= 4 is 5.82 Å². The fourth-order valence-corrected chi connectivity index (χ4v) is 1.50. The maximum absolute atomic E-state index is 3.92. The summed E-state index contributed by atoms with van der Waals surface area (Å²) in [6.45, 7) is 2.12. The highest BCUT2D eigenvalue weighted by atomic mass is 15.2. The van der Waals surface area contributed by atoms with E-state index in [2.05, 4.69) is 25.8 Å². The number of nitrogens with zero attached hydrogens (tertiary/aromatic N) is 3. The highest BCUT2D eigenvalue weighted by Gasteiger charge is 2.12. The van der Waals surface area contributed by atoms with Crippen LogP contribution in [0.5, 0.6) is 0 Å². The maximum atomic E-state index is 3.92. The van der Waals surface area contributed by atoms with E-state index in [9.17, 15) is 0 Å². The number of hydrogen-bond acceptors (Lipinski definition) is 5. The van der Waals surface area contributed by atoms with Gasteiger partial charge in [0, 0.05) is 12.6 Å². The van der Waals surface area contributed by atoms with Crippen molar-refractivity contribution < 1.29 is 0 Å². The van der Waals surface area contributed by atoms with Crippen molar-refractivity contribution in [1.29, 1.82) is 0 Å². The highest BCUT2D eigenvalue weighted by molar-refractivity contribution is 5.30. The Morgan fingerprint density at radius 2 is 2.54 bits per heavy atom. The molecular weight excluding hydrogens is 166 g/mol. The summed E-state index contributed by atoms with van der Waals surface area (Å²) < 4.78 is 0. The van der Waals surface area contributed by atoms with Crippen LogP contribution in [0.4, 0.5) is 5.82 Å². The molecule has 0 saturated carbocycles. The molecule has 2 rings (SSSR count). The Morgan fingerprint density at radius 1 is 1.54 bits per heavy atom. The van der Waals surface area contributed by atoms with Gasteiger partial charge < -0.3 is 10.6 Å². The molecule has 1 aromatic rings. The monoisotopic (exact) mass is 179 g/mol. The number of aromatic nitrogens is 3. The van der Waals surface area contributed by atoms with Gasteiger partial charge in [0.2, 0.25) is 0 Å². The van der Waals surface area contributed by atoms with Crippen molar-refractivity contribution in [2.24, 2.45) is 0 Å². The Kier molecular flexibility index (Phi) is 2.66. The highest BCUT2D eigenvalue weighted by Crippen LogP contribution is 2.07. The van der Waals surface area contributed by atoms with Gasteiger partial charge in [-0.15, -0.1) is 10.2 Å². The minimum Gasteiger partial charge on any atom is -0.363 e. The first-order chi connectivity index (χ1) is 6.45. The quantitative estimate of drug-likeness (QED) is 0.671. The Hall–Kier alpha value is -1.23. The molecule has 2 N–H and O–H groups in total. The van der Waals surface area contributed by atoms with Gasteiger partial charge in [0.05, 0.1) is 6.20 Å². The molecular formula is C8H13N5. The van der Waals surface area contributed by atoms with E-state index >= 15 is 0 Å². The first kappa shape index (κ1) is 8.37. The first-order valence-electron chi connectivity index (χ1n) is 4.55. The number of piperidine rings is 1. The van der Waals surface area contributed by atoms with Crippen LogP contribution in [0.1, 0.15) is 12.8 Å². The predicted octanol–water partition coefficient (Wildman–Crippen LogP) is 0.0355. The lowest BCUT2D eigenvalue weighted by molar-refractivity contribution is 0.478. The molecule has 1 atom stereocenters. The molecule has 0 spiro atoms. The molecule has 5 heteroatoms. The summed E-state index contributed by atoms with van der Waals surface area (Å²) in [4.78, 5) is 3.89. The summed E-state index contributed by atoms with van der Waals surface area (Å²) in [5, 5.41) is 14.2. The summed E-state index contributed by atoms with van der Waals surface area (Å²) in [5.41, 5.74) is 0. The van der Waals surface area contributed by atoms with Crippen LogP contribution in [0.3, 0.4) is 0 Å². The van der Waals surface area contributed by atoms with E-state index < -0.39 is 0 Å². The number of rotatable bonds is 2. The molecule has 1 aromatic heterocycles. The van der Waals surface area contributed by atoms with Gasteiger partial charge in [-0.2, -0.15) is 0 Å². The third-order valence-corrected chi connectivity index (χ3v) is 2.13. The molecule has 0 bridgehead atoms. The second kappa shape index (κ2) is 4.13. The Morgan fingerprint density at radius 3 is 3.23 bits per heavy atom. The van der Waals surface area contributed by atoms with Crippen LogP contribution in [0.2, 0.25) is 0 Å². The normalized spacial score (nSPS) is 22.6. The SMILES string of the molecule is c1ncc(NC2CCCNC2)nn1. The lowest BCUT2D eigenvalue weighted by Crippen LogP contribution is -2.38. The maximum Gasteiger partial charge on any atom is 0.167 e. The molecule has 1 fully saturated rings. The van der Waals surface area contributed by atoms with Crippen molar-refractivity contribution in [2.75, 3.05) is 18.4 Å². The second-order valence-electron chi connectivity index (χ2n) is 3.18. The summed E-state index contributed by atoms with van der Waals surface area (Å²) in [7, 11) is 0. The van der Waals surface area contributed by atoms with Gasteiger partial charge in [0.1, 0.15) is 6.33 Å². The van der Waals surface area contributed by atoms with Crippen LogP contribution in [0, 0.1) is 0 Å². The fraction of sp³-hybridized carbons (Fsp3) is 0.625. The van der Waals surface area contributed by atoms with E-state index in [-0.39, 0.29) is 0 Å². The molecule has 0 aromatic carbocycles. The average Bonchev–Trinajstić information content (AvgIpc) is 2.21. The van der Waals surface area contributed by atoms with E-state index in [1.165, 1.54) is 19.2 Å². The van der Waals surface area contributed by atoms with E-state index in [0.717, 1.165) is 18.9 Å². The Balaban J connectivity index is 1.90. The largest absolute Gasteiger partial charge is 0.363 e. The zero-order valence-electron chi connectivity index (χ0n) is 7.40. The van der Waals surface area contributed by atoms with Gasteiger partial charge in [-0.25, -0.2) is 4.98 Å². The third kappa shape index (κ3) is 2.35. The van der Waals surface area contributed by atoms with Gasteiger partial charge >= 0.3 is 0 Å².